The fourth-order valence-corrected chi connectivity index (χ4v) is 6.08. The molecule has 210 valence electrons. The first-order valence-electron chi connectivity index (χ1n) is 10.7. The van der Waals surface area contributed by atoms with Crippen LogP contribution in [0.1, 0.15) is 24.1 Å². The van der Waals surface area contributed by atoms with Crippen LogP contribution in [0.2, 0.25) is 0 Å². The number of sulfonamides is 1. The first-order chi connectivity index (χ1) is 17.4. The summed E-state index contributed by atoms with van der Waals surface area (Å²) >= 11 is 0. The lowest BCUT2D eigenvalue weighted by molar-refractivity contribution is -0.193. The first kappa shape index (κ1) is 30.8. The van der Waals surface area contributed by atoms with Crippen LogP contribution in [0, 0.1) is 0 Å². The number of benzene rings is 1. The van der Waals surface area contributed by atoms with E-state index in [-0.39, 0.29) is 0 Å². The zero-order valence-electron chi connectivity index (χ0n) is 19.7. The number of anilines is 1. The van der Waals surface area contributed by atoms with Crippen molar-refractivity contribution in [2.24, 2.45) is 0 Å². The highest BCUT2D eigenvalue weighted by molar-refractivity contribution is 7.94. The molecule has 2 aliphatic rings. The van der Waals surface area contributed by atoms with Gasteiger partial charge in [0.1, 0.15) is 4.75 Å². The first-order valence-corrected chi connectivity index (χ1v) is 12.2. The summed E-state index contributed by atoms with van der Waals surface area (Å²) in [5.74, 6) is -5.51. The molecule has 2 aliphatic heterocycles. The average molecular weight is 571 g/mol. The summed E-state index contributed by atoms with van der Waals surface area (Å²) in [4.78, 5) is 24.5. The molecule has 1 spiro atoms. The molecule has 4 rings (SSSR count). The van der Waals surface area contributed by atoms with Gasteiger partial charge in [0.05, 0.1) is 11.4 Å². The molecule has 9 nitrogen and oxygen atoms in total. The second-order valence-electron chi connectivity index (χ2n) is 8.19. The lowest BCUT2D eigenvalue weighted by atomic mass is 9.87. The predicted molar refractivity (Wildman–Crippen MR) is 122 cm³/mol. The van der Waals surface area contributed by atoms with Crippen molar-refractivity contribution in [3.05, 3.63) is 59.9 Å². The van der Waals surface area contributed by atoms with Crippen LogP contribution < -0.4 is 4.31 Å². The Morgan fingerprint density at radius 1 is 0.921 bits per heavy atom. The lowest BCUT2D eigenvalue weighted by Crippen LogP contribution is -2.47. The van der Waals surface area contributed by atoms with Crippen LogP contribution in [0.4, 0.5) is 32.0 Å². The number of rotatable bonds is 2. The molecule has 3 heterocycles. The van der Waals surface area contributed by atoms with Crippen LogP contribution in [0.3, 0.4) is 0 Å². The van der Waals surface area contributed by atoms with Crippen LogP contribution in [0.15, 0.2) is 48.7 Å². The topological polar surface area (TPSA) is 128 Å². The van der Waals surface area contributed by atoms with Gasteiger partial charge in [-0.2, -0.15) is 26.3 Å². The Morgan fingerprint density at radius 3 is 1.84 bits per heavy atom. The predicted octanol–water partition coefficient (Wildman–Crippen LogP) is 3.62. The number of pyridine rings is 1. The van der Waals surface area contributed by atoms with Crippen LogP contribution >= 0.6 is 0 Å². The molecule has 0 unspecified atom stereocenters. The van der Waals surface area contributed by atoms with E-state index >= 15 is 0 Å². The van der Waals surface area contributed by atoms with Crippen LogP contribution in [-0.2, 0) is 30.9 Å². The van der Waals surface area contributed by atoms with Gasteiger partial charge in [0.25, 0.3) is 0 Å². The maximum Gasteiger partial charge on any atom is 0.490 e. The van der Waals surface area contributed by atoms with Gasteiger partial charge in [-0.1, -0.05) is 24.3 Å². The van der Waals surface area contributed by atoms with Crippen molar-refractivity contribution in [2.75, 3.05) is 24.4 Å². The average Bonchev–Trinajstić information content (AvgIpc) is 2.99. The summed E-state index contributed by atoms with van der Waals surface area (Å²) < 4.78 is 90.3. The molecule has 1 aromatic carbocycles. The summed E-state index contributed by atoms with van der Waals surface area (Å²) in [5, 5.41) is 14.2. The van der Waals surface area contributed by atoms with E-state index in [4.69, 9.17) is 19.8 Å². The molecular formula is C22H23F6N3O6S. The number of alkyl halides is 6. The van der Waals surface area contributed by atoms with Gasteiger partial charge in [0, 0.05) is 32.9 Å². The molecule has 0 aliphatic carbocycles. The van der Waals surface area contributed by atoms with Gasteiger partial charge in [-0.05, 0) is 36.6 Å². The number of hydrogen-bond acceptors (Lipinski definition) is 6. The molecule has 1 aromatic heterocycles. The van der Waals surface area contributed by atoms with E-state index in [0.29, 0.717) is 12.8 Å². The number of piperidine rings is 1. The van der Waals surface area contributed by atoms with Gasteiger partial charge in [-0.15, -0.1) is 0 Å². The van der Waals surface area contributed by atoms with Crippen molar-refractivity contribution in [1.29, 1.82) is 0 Å². The molecule has 0 radical (unpaired) electrons. The molecule has 16 heteroatoms. The Labute approximate surface area is 213 Å². The van der Waals surface area contributed by atoms with Crippen LogP contribution in [0.5, 0.6) is 0 Å². The number of aliphatic carboxylic acids is 2. The van der Waals surface area contributed by atoms with Crippen molar-refractivity contribution < 1.29 is 54.6 Å². The standard InChI is InChI=1S/C18H21N3O2S.2C2HF3O2/c1-20-17-8-3-2-7-16(17)18(24(20,22)23)9-12-21(13-10-18)14-15-6-4-5-11-19-15;2*3-2(4,5)1(6)7/h2-8,11H,9-10,12-14H2,1H3;2*(H,6,7). The quantitative estimate of drug-likeness (QED) is 0.524. The van der Waals surface area contributed by atoms with E-state index < -0.39 is 39.1 Å². The lowest BCUT2D eigenvalue weighted by Gasteiger charge is -2.38. The Morgan fingerprint density at radius 2 is 1.39 bits per heavy atom. The number of nitrogens with zero attached hydrogens (tertiary/aromatic N) is 3. The van der Waals surface area contributed by atoms with E-state index in [2.05, 4.69) is 9.88 Å². The normalized spacial score (nSPS) is 17.9. The van der Waals surface area contributed by atoms with E-state index in [1.807, 2.05) is 42.5 Å². The molecule has 0 saturated carbocycles. The zero-order valence-corrected chi connectivity index (χ0v) is 20.5. The van der Waals surface area contributed by atoms with Crippen molar-refractivity contribution in [1.82, 2.24) is 9.88 Å². The summed E-state index contributed by atoms with van der Waals surface area (Å²) in [6.07, 6.45) is -7.11. The zero-order chi connectivity index (χ0) is 28.9. The van der Waals surface area contributed by atoms with Crippen molar-refractivity contribution >= 4 is 27.6 Å². The number of carboxylic acid groups (broad SMARTS) is 2. The third kappa shape index (κ3) is 6.92. The minimum atomic E-state index is -5.08. The number of carbonyl (C=O) groups is 2. The SMILES string of the molecule is CN1c2ccccc2C2(CCN(Cc3ccccn3)CC2)S1(=O)=O.O=C(O)C(F)(F)F.O=C(O)C(F)(F)F. The molecule has 0 atom stereocenters. The minimum Gasteiger partial charge on any atom is -0.475 e. The molecule has 2 aromatic rings. The van der Waals surface area contributed by atoms with Gasteiger partial charge in [0.2, 0.25) is 10.0 Å². The largest absolute Gasteiger partial charge is 0.490 e. The number of likely N-dealkylation sites (tertiary alicyclic amines) is 1. The maximum atomic E-state index is 13.1. The summed E-state index contributed by atoms with van der Waals surface area (Å²) in [6.45, 7) is 2.30. The summed E-state index contributed by atoms with van der Waals surface area (Å²) in [5.41, 5.74) is 2.82. The Hall–Kier alpha value is -3.40. The van der Waals surface area contributed by atoms with Crippen LogP contribution in [-0.4, -0.2) is 72.9 Å². The molecule has 1 saturated heterocycles. The second kappa shape index (κ2) is 11.6. The van der Waals surface area contributed by atoms with E-state index in [1.165, 1.54) is 4.31 Å². The smallest absolute Gasteiger partial charge is 0.475 e. The number of para-hydroxylation sites is 1. The Balaban J connectivity index is 0.000000301. The summed E-state index contributed by atoms with van der Waals surface area (Å²) in [6, 6.07) is 13.6. The minimum absolute atomic E-state index is 0.628. The highest BCUT2D eigenvalue weighted by Crippen LogP contribution is 2.51. The molecule has 1 fully saturated rings. The molecule has 0 bridgehead atoms. The Kier molecular flexibility index (Phi) is 9.37. The third-order valence-electron chi connectivity index (χ3n) is 5.85. The van der Waals surface area contributed by atoms with Gasteiger partial charge in [-0.3, -0.25) is 14.2 Å². The summed E-state index contributed by atoms with van der Waals surface area (Å²) in [7, 11) is -1.68. The van der Waals surface area contributed by atoms with E-state index in [9.17, 15) is 34.8 Å². The third-order valence-corrected chi connectivity index (χ3v) is 8.38. The molecule has 2 N–H and O–H groups in total. The number of fused-ring (bicyclic) bond motifs is 2. The highest BCUT2D eigenvalue weighted by Gasteiger charge is 2.55. The van der Waals surface area contributed by atoms with Gasteiger partial charge < -0.3 is 10.2 Å². The monoisotopic (exact) mass is 571 g/mol. The fourth-order valence-electron chi connectivity index (χ4n) is 3.98. The van der Waals surface area contributed by atoms with Gasteiger partial charge >= 0.3 is 24.3 Å². The highest BCUT2D eigenvalue weighted by atomic mass is 32.2. The van der Waals surface area contributed by atoms with Crippen LogP contribution in [0.25, 0.3) is 0 Å². The number of carboxylic acids is 2. The molecule has 38 heavy (non-hydrogen) atoms. The van der Waals surface area contributed by atoms with Gasteiger partial charge in [0.15, 0.2) is 0 Å². The van der Waals surface area contributed by atoms with Crippen molar-refractivity contribution in [3.8, 4) is 0 Å². The van der Waals surface area contributed by atoms with E-state index in [0.717, 1.165) is 36.6 Å². The number of halogens is 6. The van der Waals surface area contributed by atoms with Crippen molar-refractivity contribution in [3.63, 3.8) is 0 Å². The molecular weight excluding hydrogens is 548 g/mol. The number of hydrogen-bond donors (Lipinski definition) is 2. The maximum absolute atomic E-state index is 13.1. The number of aromatic nitrogens is 1. The van der Waals surface area contributed by atoms with Gasteiger partial charge in [-0.25, -0.2) is 18.0 Å². The Bertz CT molecular complexity index is 1210. The van der Waals surface area contributed by atoms with Crippen molar-refractivity contribution in [2.45, 2.75) is 36.5 Å². The second-order valence-corrected chi connectivity index (χ2v) is 10.5. The van der Waals surface area contributed by atoms with E-state index in [1.54, 1.807) is 13.2 Å². The fraction of sp³-hybridized carbons (Fsp3) is 0.409. The molecule has 0 amide bonds.